The van der Waals surface area contributed by atoms with Crippen LogP contribution in [0, 0.1) is 5.92 Å². The number of primary amides is 1. The summed E-state index contributed by atoms with van der Waals surface area (Å²) in [6, 6.07) is 18.3. The number of nitrogens with zero attached hydrogens (tertiary/aromatic N) is 3. The number of carbonyl (C=O) groups excluding carboxylic acids is 2. The first-order chi connectivity index (χ1) is 14.4. The number of benzene rings is 2. The van der Waals surface area contributed by atoms with E-state index in [2.05, 4.69) is 35.0 Å². The molecular formula is C23H23N5O2. The molecule has 7 heteroatoms. The van der Waals surface area contributed by atoms with Crippen LogP contribution in [0.2, 0.25) is 0 Å². The Bertz CT molecular complexity index is 1220. The summed E-state index contributed by atoms with van der Waals surface area (Å²) in [6.45, 7) is 5.28. The van der Waals surface area contributed by atoms with Crippen LogP contribution >= 0.6 is 0 Å². The van der Waals surface area contributed by atoms with Gasteiger partial charge in [0.05, 0.1) is 5.69 Å². The van der Waals surface area contributed by atoms with Crippen LogP contribution in [0.4, 0.5) is 5.69 Å². The van der Waals surface area contributed by atoms with E-state index in [0.29, 0.717) is 17.3 Å². The van der Waals surface area contributed by atoms with E-state index in [4.69, 9.17) is 5.73 Å². The average Bonchev–Trinajstić information content (AvgIpc) is 3.33. The lowest BCUT2D eigenvalue weighted by Crippen LogP contribution is -2.16. The Kier molecular flexibility index (Phi) is 5.10. The lowest BCUT2D eigenvalue weighted by atomic mass is 10.2. The van der Waals surface area contributed by atoms with E-state index in [1.165, 1.54) is 10.7 Å². The molecule has 0 aliphatic heterocycles. The van der Waals surface area contributed by atoms with Gasteiger partial charge in [0.2, 0.25) is 0 Å². The monoisotopic (exact) mass is 401 g/mol. The lowest BCUT2D eigenvalue weighted by Gasteiger charge is -2.09. The standard InChI is InChI=1S/C23H23N5O2/c1-15(2)14-27-11-10-16-12-17(8-9-20(16)27)25-23(30)19-13-21(22(24)29)28(26-19)18-6-4-3-5-7-18/h3-13,15H,14H2,1-2H3,(H2,24,29)(H,25,30). The molecule has 0 radical (unpaired) electrons. The molecule has 2 amide bonds. The Balaban J connectivity index is 1.60. The van der Waals surface area contributed by atoms with Crippen molar-refractivity contribution in [1.29, 1.82) is 0 Å². The molecule has 0 bridgehead atoms. The largest absolute Gasteiger partial charge is 0.364 e. The molecule has 0 fully saturated rings. The van der Waals surface area contributed by atoms with Gasteiger partial charge in [-0.1, -0.05) is 32.0 Å². The fraction of sp³-hybridized carbons (Fsp3) is 0.174. The van der Waals surface area contributed by atoms with Gasteiger partial charge in [0.1, 0.15) is 5.69 Å². The summed E-state index contributed by atoms with van der Waals surface area (Å²) in [5.41, 5.74) is 8.17. The molecule has 0 spiro atoms. The molecule has 4 rings (SSSR count). The van der Waals surface area contributed by atoms with Gasteiger partial charge in [-0.15, -0.1) is 0 Å². The zero-order valence-electron chi connectivity index (χ0n) is 16.9. The zero-order chi connectivity index (χ0) is 21.3. The van der Waals surface area contributed by atoms with E-state index in [0.717, 1.165) is 17.4 Å². The molecular weight excluding hydrogens is 378 g/mol. The molecule has 2 aromatic carbocycles. The van der Waals surface area contributed by atoms with Gasteiger partial charge >= 0.3 is 0 Å². The first kappa shape index (κ1) is 19.4. The third kappa shape index (κ3) is 3.82. The van der Waals surface area contributed by atoms with E-state index in [9.17, 15) is 9.59 Å². The van der Waals surface area contributed by atoms with E-state index in [1.54, 1.807) is 12.1 Å². The minimum Gasteiger partial charge on any atom is -0.364 e. The van der Waals surface area contributed by atoms with Gasteiger partial charge in [-0.3, -0.25) is 9.59 Å². The highest BCUT2D eigenvalue weighted by Gasteiger charge is 2.19. The normalized spacial score (nSPS) is 11.2. The molecule has 4 aromatic rings. The molecule has 0 unspecified atom stereocenters. The van der Waals surface area contributed by atoms with Crippen LogP contribution in [-0.2, 0) is 6.54 Å². The van der Waals surface area contributed by atoms with Crippen molar-refractivity contribution in [3.05, 3.63) is 78.2 Å². The van der Waals surface area contributed by atoms with Gasteiger partial charge in [0.15, 0.2) is 5.69 Å². The highest BCUT2D eigenvalue weighted by molar-refractivity contribution is 6.05. The van der Waals surface area contributed by atoms with Crippen molar-refractivity contribution < 1.29 is 9.59 Å². The molecule has 30 heavy (non-hydrogen) atoms. The third-order valence-electron chi connectivity index (χ3n) is 4.79. The average molecular weight is 401 g/mol. The fourth-order valence-corrected chi connectivity index (χ4v) is 3.46. The van der Waals surface area contributed by atoms with E-state index in [-0.39, 0.29) is 11.4 Å². The van der Waals surface area contributed by atoms with Crippen molar-refractivity contribution in [2.45, 2.75) is 20.4 Å². The number of hydrogen-bond donors (Lipinski definition) is 2. The number of carbonyl (C=O) groups is 2. The molecule has 152 valence electrons. The minimum atomic E-state index is -0.654. The molecule has 3 N–H and O–H groups in total. The topological polar surface area (TPSA) is 94.9 Å². The Morgan fingerprint density at radius 2 is 1.83 bits per heavy atom. The summed E-state index contributed by atoms with van der Waals surface area (Å²) >= 11 is 0. The number of fused-ring (bicyclic) bond motifs is 1. The lowest BCUT2D eigenvalue weighted by molar-refractivity contribution is 0.0991. The first-order valence-electron chi connectivity index (χ1n) is 9.78. The van der Waals surface area contributed by atoms with Crippen LogP contribution < -0.4 is 11.1 Å². The van der Waals surface area contributed by atoms with Gasteiger partial charge < -0.3 is 15.6 Å². The maximum absolute atomic E-state index is 12.8. The number of nitrogens with two attached hydrogens (primary N) is 1. The van der Waals surface area contributed by atoms with Crippen molar-refractivity contribution in [1.82, 2.24) is 14.3 Å². The van der Waals surface area contributed by atoms with E-state index < -0.39 is 11.8 Å². The SMILES string of the molecule is CC(C)Cn1ccc2cc(NC(=O)c3cc(C(N)=O)n(-c4ccccc4)n3)ccc21. The Morgan fingerprint density at radius 3 is 2.53 bits per heavy atom. The van der Waals surface area contributed by atoms with Crippen LogP contribution in [0.5, 0.6) is 0 Å². The highest BCUT2D eigenvalue weighted by atomic mass is 16.2. The zero-order valence-corrected chi connectivity index (χ0v) is 16.9. The number of para-hydroxylation sites is 1. The van der Waals surface area contributed by atoms with Crippen molar-refractivity contribution in [2.24, 2.45) is 11.7 Å². The van der Waals surface area contributed by atoms with Crippen LogP contribution in [0.1, 0.15) is 34.8 Å². The number of aromatic nitrogens is 3. The molecule has 0 saturated heterocycles. The van der Waals surface area contributed by atoms with Crippen LogP contribution in [0.3, 0.4) is 0 Å². The minimum absolute atomic E-state index is 0.116. The van der Waals surface area contributed by atoms with E-state index >= 15 is 0 Å². The molecule has 0 aliphatic rings. The quantitative estimate of drug-likeness (QED) is 0.514. The maximum atomic E-state index is 12.8. The smallest absolute Gasteiger partial charge is 0.276 e. The summed E-state index contributed by atoms with van der Waals surface area (Å²) < 4.78 is 3.58. The predicted octanol–water partition coefficient (Wildman–Crippen LogP) is 3.83. The van der Waals surface area contributed by atoms with Crippen molar-refractivity contribution in [3.63, 3.8) is 0 Å². The van der Waals surface area contributed by atoms with Crippen molar-refractivity contribution in [3.8, 4) is 5.69 Å². The molecule has 0 atom stereocenters. The summed E-state index contributed by atoms with van der Waals surface area (Å²) in [5, 5.41) is 8.19. The molecule has 2 heterocycles. The molecule has 7 nitrogen and oxygen atoms in total. The Morgan fingerprint density at radius 1 is 1.07 bits per heavy atom. The van der Waals surface area contributed by atoms with Crippen molar-refractivity contribution in [2.75, 3.05) is 5.32 Å². The second-order valence-electron chi connectivity index (χ2n) is 7.62. The second-order valence-corrected chi connectivity index (χ2v) is 7.62. The molecule has 0 aliphatic carbocycles. The van der Waals surface area contributed by atoms with Crippen LogP contribution in [-0.4, -0.2) is 26.2 Å². The van der Waals surface area contributed by atoms with Gasteiger partial charge in [-0.25, -0.2) is 4.68 Å². The Labute approximate surface area is 174 Å². The van der Waals surface area contributed by atoms with Crippen molar-refractivity contribution >= 4 is 28.4 Å². The fourth-order valence-electron chi connectivity index (χ4n) is 3.46. The second kappa shape index (κ2) is 7.87. The summed E-state index contributed by atoms with van der Waals surface area (Å²) in [7, 11) is 0. The van der Waals surface area contributed by atoms with Gasteiger partial charge in [0.25, 0.3) is 11.8 Å². The summed E-state index contributed by atoms with van der Waals surface area (Å²) in [5.74, 6) is -0.523. The summed E-state index contributed by atoms with van der Waals surface area (Å²) in [6.07, 6.45) is 2.05. The Hall–Kier alpha value is -3.87. The van der Waals surface area contributed by atoms with Gasteiger partial charge in [-0.2, -0.15) is 5.10 Å². The predicted molar refractivity (Wildman–Crippen MR) is 117 cm³/mol. The molecule has 0 saturated carbocycles. The van der Waals surface area contributed by atoms with Gasteiger partial charge in [-0.05, 0) is 42.3 Å². The summed E-state index contributed by atoms with van der Waals surface area (Å²) in [4.78, 5) is 24.6. The van der Waals surface area contributed by atoms with Crippen LogP contribution in [0.15, 0.2) is 66.9 Å². The van der Waals surface area contributed by atoms with E-state index in [1.807, 2.05) is 42.5 Å². The molecule has 2 aromatic heterocycles. The highest BCUT2D eigenvalue weighted by Crippen LogP contribution is 2.22. The van der Waals surface area contributed by atoms with Gasteiger partial charge in [0, 0.05) is 35.4 Å². The number of amides is 2. The first-order valence-corrected chi connectivity index (χ1v) is 9.78. The number of rotatable bonds is 6. The maximum Gasteiger partial charge on any atom is 0.276 e. The van der Waals surface area contributed by atoms with Crippen LogP contribution in [0.25, 0.3) is 16.6 Å². The number of anilines is 1. The number of hydrogen-bond acceptors (Lipinski definition) is 3. The third-order valence-corrected chi connectivity index (χ3v) is 4.79. The number of nitrogens with one attached hydrogen (secondary N) is 1.